The molecule has 2 heterocycles. The number of aromatic nitrogens is 1. The van der Waals surface area contributed by atoms with Crippen molar-refractivity contribution in [2.75, 3.05) is 5.01 Å². The van der Waals surface area contributed by atoms with Crippen molar-refractivity contribution in [3.05, 3.63) is 66.4 Å². The van der Waals surface area contributed by atoms with Gasteiger partial charge in [0.15, 0.2) is 6.04 Å². The summed E-state index contributed by atoms with van der Waals surface area (Å²) < 4.78 is 0.952. The number of nitrogens with zero attached hydrogens (tertiary/aromatic N) is 6. The Hall–Kier alpha value is -2.73. The number of azo groups is 1. The van der Waals surface area contributed by atoms with Gasteiger partial charge in [0.05, 0.1) is 26.4 Å². The second-order valence-corrected chi connectivity index (χ2v) is 9.11. The van der Waals surface area contributed by atoms with Gasteiger partial charge in [-0.25, -0.2) is 4.98 Å². The van der Waals surface area contributed by atoms with Crippen LogP contribution in [-0.2, 0) is 4.79 Å². The van der Waals surface area contributed by atoms with Crippen molar-refractivity contribution in [2.45, 2.75) is 13.0 Å². The number of carbonyl (C=O) groups is 1. The van der Waals surface area contributed by atoms with Crippen molar-refractivity contribution in [1.82, 2.24) is 4.98 Å². The van der Waals surface area contributed by atoms with Crippen LogP contribution in [0.3, 0.4) is 0 Å². The zero-order chi connectivity index (χ0) is 23.0. The van der Waals surface area contributed by atoms with Crippen molar-refractivity contribution in [3.63, 3.8) is 0 Å². The quantitative estimate of drug-likeness (QED) is 0.199. The number of hydrogen-bond donors (Lipinski definition) is 0. The first kappa shape index (κ1) is 22.5. The molecular formula is C19H11BrCl2N6O3S. The average Bonchev–Trinajstić information content (AvgIpc) is 3.33. The van der Waals surface area contributed by atoms with Gasteiger partial charge in [-0.3, -0.25) is 14.9 Å². The number of hydrazone groups is 1. The van der Waals surface area contributed by atoms with Crippen LogP contribution in [0, 0.1) is 10.1 Å². The molecule has 0 bridgehead atoms. The fourth-order valence-corrected chi connectivity index (χ4v) is 4.41. The number of thiazole rings is 1. The van der Waals surface area contributed by atoms with E-state index >= 15 is 0 Å². The van der Waals surface area contributed by atoms with Crippen LogP contribution in [0.15, 0.2) is 61.6 Å². The number of rotatable bonds is 5. The van der Waals surface area contributed by atoms with Crippen molar-refractivity contribution in [3.8, 4) is 11.3 Å². The molecule has 162 valence electrons. The highest BCUT2D eigenvalue weighted by Gasteiger charge is 2.36. The summed E-state index contributed by atoms with van der Waals surface area (Å²) in [6, 6.07) is 8.88. The van der Waals surface area contributed by atoms with E-state index in [4.69, 9.17) is 23.2 Å². The summed E-state index contributed by atoms with van der Waals surface area (Å²) in [5, 5.41) is 26.5. The predicted molar refractivity (Wildman–Crippen MR) is 127 cm³/mol. The number of non-ortho nitro benzene ring substituents is 1. The molecule has 1 aromatic heterocycles. The minimum absolute atomic E-state index is 0.0322. The first-order chi connectivity index (χ1) is 15.2. The molecule has 3 aromatic rings. The van der Waals surface area contributed by atoms with Gasteiger partial charge in [0.25, 0.3) is 11.6 Å². The maximum atomic E-state index is 12.9. The van der Waals surface area contributed by atoms with Crippen molar-refractivity contribution < 1.29 is 9.72 Å². The highest BCUT2D eigenvalue weighted by atomic mass is 79.9. The predicted octanol–water partition coefficient (Wildman–Crippen LogP) is 6.66. The summed E-state index contributed by atoms with van der Waals surface area (Å²) in [5.74, 6) is -0.433. The number of nitro benzene ring substituents is 1. The molecule has 4 rings (SSSR count). The van der Waals surface area contributed by atoms with E-state index in [1.807, 2.05) is 29.6 Å². The lowest BCUT2D eigenvalue weighted by Crippen LogP contribution is -2.29. The maximum Gasteiger partial charge on any atom is 0.282 e. The molecular weight excluding hydrogens is 543 g/mol. The number of hydrogen-bond acceptors (Lipinski definition) is 8. The summed E-state index contributed by atoms with van der Waals surface area (Å²) in [6.07, 6.45) is 0. The average molecular weight is 554 g/mol. The standard InChI is InChI=1S/C19H11BrCl2N6O3S/c1-9-16(24-25-17-13(21)6-12(28(30)31)7-14(17)22)18(29)27(26-9)19-23-15(8-32-19)10-2-4-11(20)5-3-10/h2-8,16H,1H3. The number of amides is 1. The maximum absolute atomic E-state index is 12.9. The number of nitro groups is 1. The number of benzene rings is 2. The van der Waals surface area contributed by atoms with E-state index in [0.717, 1.165) is 22.2 Å². The molecule has 0 saturated heterocycles. The Morgan fingerprint density at radius 3 is 2.50 bits per heavy atom. The van der Waals surface area contributed by atoms with Gasteiger partial charge < -0.3 is 0 Å². The topological polar surface area (TPSA) is 113 Å². The fourth-order valence-electron chi connectivity index (χ4n) is 2.81. The Balaban J connectivity index is 1.56. The van der Waals surface area contributed by atoms with Crippen LogP contribution in [0.25, 0.3) is 11.3 Å². The van der Waals surface area contributed by atoms with Gasteiger partial charge in [-0.15, -0.1) is 11.3 Å². The van der Waals surface area contributed by atoms with Gasteiger partial charge >= 0.3 is 0 Å². The van der Waals surface area contributed by atoms with Gasteiger partial charge in [-0.2, -0.15) is 20.3 Å². The van der Waals surface area contributed by atoms with Gasteiger partial charge in [0.2, 0.25) is 5.13 Å². The number of carbonyl (C=O) groups excluding carboxylic acids is 1. The van der Waals surface area contributed by atoms with Gasteiger partial charge in [-0.05, 0) is 19.1 Å². The monoisotopic (exact) mass is 552 g/mol. The Morgan fingerprint density at radius 1 is 1.22 bits per heavy atom. The Labute approximate surface area is 203 Å². The van der Waals surface area contributed by atoms with Gasteiger partial charge in [0.1, 0.15) is 5.69 Å². The first-order valence-corrected chi connectivity index (χ1v) is 11.3. The van der Waals surface area contributed by atoms with E-state index in [2.05, 4.69) is 36.2 Å². The van der Waals surface area contributed by atoms with Crippen LogP contribution < -0.4 is 5.01 Å². The molecule has 1 unspecified atom stereocenters. The third kappa shape index (κ3) is 4.42. The van der Waals surface area contributed by atoms with E-state index in [0.29, 0.717) is 16.5 Å². The molecule has 32 heavy (non-hydrogen) atoms. The molecule has 2 aromatic carbocycles. The number of anilines is 1. The van der Waals surface area contributed by atoms with Crippen LogP contribution in [0.2, 0.25) is 10.0 Å². The van der Waals surface area contributed by atoms with Crippen molar-refractivity contribution in [1.29, 1.82) is 0 Å². The van der Waals surface area contributed by atoms with Gasteiger partial charge in [0, 0.05) is 27.5 Å². The molecule has 9 nitrogen and oxygen atoms in total. The molecule has 0 spiro atoms. The zero-order valence-corrected chi connectivity index (χ0v) is 20.0. The molecule has 0 radical (unpaired) electrons. The minimum atomic E-state index is -0.989. The van der Waals surface area contributed by atoms with E-state index in [9.17, 15) is 14.9 Å². The molecule has 1 aliphatic rings. The lowest BCUT2D eigenvalue weighted by molar-refractivity contribution is -0.384. The second kappa shape index (κ2) is 9.02. The van der Waals surface area contributed by atoms with Crippen LogP contribution in [0.4, 0.5) is 16.5 Å². The fraction of sp³-hybridized carbons (Fsp3) is 0.105. The highest BCUT2D eigenvalue weighted by molar-refractivity contribution is 9.10. The lowest BCUT2D eigenvalue weighted by atomic mass is 10.2. The Bertz CT molecular complexity index is 1270. The Morgan fingerprint density at radius 2 is 1.88 bits per heavy atom. The third-order valence-electron chi connectivity index (χ3n) is 4.40. The molecule has 0 saturated carbocycles. The minimum Gasteiger partial charge on any atom is -0.269 e. The summed E-state index contributed by atoms with van der Waals surface area (Å²) in [5.41, 5.74) is 1.79. The van der Waals surface area contributed by atoms with Crippen LogP contribution in [0.5, 0.6) is 0 Å². The van der Waals surface area contributed by atoms with Crippen LogP contribution in [0.1, 0.15) is 6.92 Å². The lowest BCUT2D eigenvalue weighted by Gasteiger charge is -2.08. The molecule has 1 aliphatic heterocycles. The highest BCUT2D eigenvalue weighted by Crippen LogP contribution is 2.38. The molecule has 1 amide bonds. The largest absolute Gasteiger partial charge is 0.282 e. The van der Waals surface area contributed by atoms with E-state index in [1.165, 1.54) is 16.3 Å². The van der Waals surface area contributed by atoms with E-state index < -0.39 is 16.9 Å². The first-order valence-electron chi connectivity index (χ1n) is 8.89. The summed E-state index contributed by atoms with van der Waals surface area (Å²) >= 11 is 16.8. The molecule has 0 fully saturated rings. The zero-order valence-electron chi connectivity index (χ0n) is 16.1. The van der Waals surface area contributed by atoms with Crippen molar-refractivity contribution >= 4 is 78.6 Å². The van der Waals surface area contributed by atoms with Crippen LogP contribution in [-0.4, -0.2) is 27.6 Å². The molecule has 1 atom stereocenters. The Kier molecular flexibility index (Phi) is 6.33. The number of halogens is 3. The van der Waals surface area contributed by atoms with Crippen molar-refractivity contribution in [2.24, 2.45) is 15.3 Å². The third-order valence-corrected chi connectivity index (χ3v) is 6.32. The summed E-state index contributed by atoms with van der Waals surface area (Å²) in [7, 11) is 0. The molecule has 0 N–H and O–H groups in total. The summed E-state index contributed by atoms with van der Waals surface area (Å²) in [6.45, 7) is 1.64. The van der Waals surface area contributed by atoms with E-state index in [-0.39, 0.29) is 21.4 Å². The van der Waals surface area contributed by atoms with E-state index in [1.54, 1.807) is 6.92 Å². The van der Waals surface area contributed by atoms with Crippen LogP contribution >= 0.6 is 50.5 Å². The smallest absolute Gasteiger partial charge is 0.269 e. The normalized spacial score (nSPS) is 16.1. The molecule has 13 heteroatoms. The summed E-state index contributed by atoms with van der Waals surface area (Å²) in [4.78, 5) is 27.7. The second-order valence-electron chi connectivity index (χ2n) is 6.55. The van der Waals surface area contributed by atoms with Gasteiger partial charge in [-0.1, -0.05) is 51.3 Å². The SMILES string of the molecule is CC1=NN(c2nc(-c3ccc(Br)cc3)cs2)C(=O)C1N=Nc1c(Cl)cc([N+](=O)[O-])cc1Cl. The molecule has 0 aliphatic carbocycles.